The van der Waals surface area contributed by atoms with Crippen LogP contribution in [0.2, 0.25) is 5.02 Å². The molecule has 2 saturated heterocycles. The van der Waals surface area contributed by atoms with Crippen LogP contribution in [-0.2, 0) is 24.3 Å². The molecule has 3 fully saturated rings. The molecule has 0 spiro atoms. The Labute approximate surface area is 268 Å². The van der Waals surface area contributed by atoms with Gasteiger partial charge in [-0.1, -0.05) is 23.7 Å². The minimum absolute atomic E-state index is 0.0860. The van der Waals surface area contributed by atoms with E-state index in [0.717, 1.165) is 22.3 Å². The number of rotatable bonds is 5. The summed E-state index contributed by atoms with van der Waals surface area (Å²) in [5.41, 5.74) is -0.593. The van der Waals surface area contributed by atoms with Crippen LogP contribution in [0.25, 0.3) is 10.8 Å². The van der Waals surface area contributed by atoms with Crippen molar-refractivity contribution in [3.05, 3.63) is 41.4 Å². The van der Waals surface area contributed by atoms with E-state index in [9.17, 15) is 22.8 Å². The zero-order valence-corrected chi connectivity index (χ0v) is 27.8. The number of fused-ring (bicyclic) bond motifs is 1. The number of hydrogen-bond acceptors (Lipinski definition) is 7. The minimum Gasteiger partial charge on any atom is -0.444 e. The highest BCUT2D eigenvalue weighted by molar-refractivity contribution is 7.99. The third-order valence-corrected chi connectivity index (χ3v) is 11.5. The summed E-state index contributed by atoms with van der Waals surface area (Å²) in [6, 6.07) is 9.22. The van der Waals surface area contributed by atoms with Crippen molar-refractivity contribution in [2.45, 2.75) is 69.0 Å². The third kappa shape index (κ3) is 7.63. The van der Waals surface area contributed by atoms with Gasteiger partial charge in [0.2, 0.25) is 21.8 Å². The van der Waals surface area contributed by atoms with Gasteiger partial charge in [-0.3, -0.25) is 9.59 Å². The van der Waals surface area contributed by atoms with E-state index in [-0.39, 0.29) is 48.3 Å². The smallest absolute Gasteiger partial charge is 0.407 e. The summed E-state index contributed by atoms with van der Waals surface area (Å²) in [5.74, 6) is 1.00. The van der Waals surface area contributed by atoms with Gasteiger partial charge in [0.1, 0.15) is 11.6 Å². The van der Waals surface area contributed by atoms with Crippen molar-refractivity contribution in [1.29, 1.82) is 0 Å². The lowest BCUT2D eigenvalue weighted by Crippen LogP contribution is -2.63. The monoisotopic (exact) mass is 664 g/mol. The fourth-order valence-electron chi connectivity index (χ4n) is 6.14. The number of benzene rings is 2. The molecule has 13 heteroatoms. The van der Waals surface area contributed by atoms with E-state index in [1.54, 1.807) is 58.0 Å². The maximum atomic E-state index is 13.9. The highest BCUT2D eigenvalue weighted by atomic mass is 35.5. The number of hydrogen-bond donors (Lipinski definition) is 1. The van der Waals surface area contributed by atoms with Gasteiger partial charge < -0.3 is 19.9 Å². The Morgan fingerprint density at radius 2 is 1.57 bits per heavy atom. The van der Waals surface area contributed by atoms with Crippen LogP contribution < -0.4 is 5.32 Å². The van der Waals surface area contributed by atoms with Crippen LogP contribution >= 0.6 is 23.4 Å². The molecule has 3 aliphatic rings. The molecule has 1 N–H and O–H groups in total. The molecule has 2 heterocycles. The number of thioether (sulfide) groups is 1. The van der Waals surface area contributed by atoms with Gasteiger partial charge in [-0.2, -0.15) is 16.1 Å². The number of ether oxygens (including phenoxy) is 1. The number of amides is 3. The summed E-state index contributed by atoms with van der Waals surface area (Å²) < 4.78 is 34.4. The number of carbonyl (C=O) groups excluding carboxylic acids is 3. The number of nitrogens with one attached hydrogen (secondary N) is 1. The van der Waals surface area contributed by atoms with Crippen LogP contribution in [0, 0.1) is 5.92 Å². The molecule has 1 aliphatic carbocycles. The number of halogens is 1. The van der Waals surface area contributed by atoms with Crippen LogP contribution in [0.5, 0.6) is 0 Å². The van der Waals surface area contributed by atoms with Crippen LogP contribution in [0.15, 0.2) is 41.3 Å². The van der Waals surface area contributed by atoms with Crippen molar-refractivity contribution in [2.24, 2.45) is 5.92 Å². The average Bonchev–Trinajstić information content (AvgIpc) is 2.99. The normalized spacial score (nSPS) is 23.8. The molecule has 1 saturated carbocycles. The second-order valence-electron chi connectivity index (χ2n) is 12.7. The molecule has 2 aromatic rings. The van der Waals surface area contributed by atoms with Gasteiger partial charge in [0.05, 0.1) is 4.90 Å². The molecule has 1 unspecified atom stereocenters. The fourth-order valence-corrected chi connectivity index (χ4v) is 8.70. The van der Waals surface area contributed by atoms with E-state index >= 15 is 0 Å². The average molecular weight is 665 g/mol. The first-order valence-corrected chi connectivity index (χ1v) is 18.1. The van der Waals surface area contributed by atoms with Gasteiger partial charge in [0, 0.05) is 61.2 Å². The first-order chi connectivity index (χ1) is 20.8. The van der Waals surface area contributed by atoms with Crippen LogP contribution in [0.3, 0.4) is 0 Å². The van der Waals surface area contributed by atoms with E-state index in [2.05, 4.69) is 5.32 Å². The van der Waals surface area contributed by atoms with Gasteiger partial charge in [-0.05, 0) is 81.5 Å². The molecule has 44 heavy (non-hydrogen) atoms. The number of piperazine rings is 1. The van der Waals surface area contributed by atoms with E-state index in [1.165, 1.54) is 4.31 Å². The van der Waals surface area contributed by atoms with Crippen LogP contribution in [0.4, 0.5) is 4.79 Å². The molecule has 0 bridgehead atoms. The third-order valence-electron chi connectivity index (χ3n) is 8.44. The summed E-state index contributed by atoms with van der Waals surface area (Å²) in [5, 5.41) is 5.06. The van der Waals surface area contributed by atoms with E-state index in [0.29, 0.717) is 43.8 Å². The maximum absolute atomic E-state index is 13.9. The van der Waals surface area contributed by atoms with Crippen molar-refractivity contribution in [1.82, 2.24) is 19.4 Å². The first kappa shape index (κ1) is 32.8. The van der Waals surface area contributed by atoms with Crippen LogP contribution in [-0.4, -0.2) is 102 Å². The quantitative estimate of drug-likeness (QED) is 0.505. The highest BCUT2D eigenvalue weighted by Crippen LogP contribution is 2.31. The summed E-state index contributed by atoms with van der Waals surface area (Å²) in [7, 11) is -3.93. The second-order valence-corrected chi connectivity index (χ2v) is 16.3. The van der Waals surface area contributed by atoms with Gasteiger partial charge in [0.15, 0.2) is 0 Å². The van der Waals surface area contributed by atoms with Crippen molar-refractivity contribution in [2.75, 3.05) is 44.2 Å². The molecule has 2 aliphatic heterocycles. The van der Waals surface area contributed by atoms with Gasteiger partial charge in [-0.25, -0.2) is 13.2 Å². The van der Waals surface area contributed by atoms with Crippen LogP contribution in [0.1, 0.15) is 46.5 Å². The molecule has 2 aromatic carbocycles. The van der Waals surface area contributed by atoms with Crippen molar-refractivity contribution < 1.29 is 27.5 Å². The van der Waals surface area contributed by atoms with E-state index < -0.39 is 27.8 Å². The Bertz CT molecular complexity index is 1500. The molecule has 3 amide bonds. The lowest BCUT2D eigenvalue weighted by molar-refractivity contribution is -0.151. The predicted molar refractivity (Wildman–Crippen MR) is 172 cm³/mol. The largest absolute Gasteiger partial charge is 0.444 e. The molecular weight excluding hydrogens is 624 g/mol. The van der Waals surface area contributed by atoms with E-state index in [1.807, 2.05) is 20.8 Å². The Hall–Kier alpha value is -2.54. The number of alkyl carbamates (subject to hydrolysis) is 1. The molecular formula is C31H41ClN4O6S2. The van der Waals surface area contributed by atoms with E-state index in [4.69, 9.17) is 16.3 Å². The molecule has 0 radical (unpaired) electrons. The molecule has 240 valence electrons. The maximum Gasteiger partial charge on any atom is 0.407 e. The summed E-state index contributed by atoms with van der Waals surface area (Å²) in [6.07, 6.45) is 1.92. The number of carbonyl (C=O) groups is 3. The van der Waals surface area contributed by atoms with Gasteiger partial charge in [0.25, 0.3) is 0 Å². The lowest BCUT2D eigenvalue weighted by Gasteiger charge is -2.44. The zero-order valence-electron chi connectivity index (χ0n) is 25.5. The molecule has 0 aromatic heterocycles. The summed E-state index contributed by atoms with van der Waals surface area (Å²) in [4.78, 5) is 43.6. The zero-order chi connectivity index (χ0) is 31.6. The SMILES string of the molecule is CC(C)(C)OC(=O)N[C@H]1CC[C@H](C(=O)N2CCN(S(=O)(=O)c3ccc4cc(Cl)ccc4c3)CC2C(=O)N2CCSCC2)CC1. The lowest BCUT2D eigenvalue weighted by atomic mass is 9.84. The van der Waals surface area contributed by atoms with Gasteiger partial charge >= 0.3 is 6.09 Å². The Morgan fingerprint density at radius 1 is 0.909 bits per heavy atom. The van der Waals surface area contributed by atoms with Crippen molar-refractivity contribution >= 4 is 62.1 Å². The first-order valence-electron chi connectivity index (χ1n) is 15.2. The number of nitrogens with zero attached hydrogens (tertiary/aromatic N) is 3. The van der Waals surface area contributed by atoms with Crippen molar-refractivity contribution in [3.8, 4) is 0 Å². The summed E-state index contributed by atoms with van der Waals surface area (Å²) >= 11 is 7.88. The Balaban J connectivity index is 1.31. The molecule has 5 rings (SSSR count). The number of sulfonamides is 1. The molecule has 1 atom stereocenters. The minimum atomic E-state index is -3.93. The van der Waals surface area contributed by atoms with Crippen molar-refractivity contribution in [3.63, 3.8) is 0 Å². The van der Waals surface area contributed by atoms with Gasteiger partial charge in [-0.15, -0.1) is 0 Å². The fraction of sp³-hybridized carbons (Fsp3) is 0.581. The highest BCUT2D eigenvalue weighted by Gasteiger charge is 2.43. The Kier molecular flexibility index (Phi) is 10.0. The summed E-state index contributed by atoms with van der Waals surface area (Å²) in [6.45, 7) is 6.72. The topological polar surface area (TPSA) is 116 Å². The Morgan fingerprint density at radius 3 is 2.25 bits per heavy atom. The second kappa shape index (κ2) is 13.4. The predicted octanol–water partition coefficient (Wildman–Crippen LogP) is 4.35. The molecule has 10 nitrogen and oxygen atoms in total. The standard InChI is InChI=1S/C31H41ClN4O6S2/c1-31(2,3)42-30(39)33-25-9-5-21(6-10-25)28(37)36-13-12-35(20-27(36)29(38)34-14-16-43-17-15-34)44(40,41)26-11-7-22-18-24(32)8-4-23(22)19-26/h4,7-8,11,18-19,21,25,27H,5-6,9-10,12-17,20H2,1-3H3,(H,33,39)/t21-,25-,27?.